The molecule has 0 aliphatic heterocycles. The first-order valence-corrected chi connectivity index (χ1v) is 7.55. The predicted molar refractivity (Wildman–Crippen MR) is 84.0 cm³/mol. The molecule has 5 heteroatoms. The van der Waals surface area contributed by atoms with Crippen LogP contribution in [0.4, 0.5) is 5.13 Å². The van der Waals surface area contributed by atoms with Gasteiger partial charge in [0.15, 0.2) is 0 Å². The van der Waals surface area contributed by atoms with Gasteiger partial charge < -0.3 is 10.2 Å². The molecule has 0 amide bonds. The summed E-state index contributed by atoms with van der Waals surface area (Å²) in [7, 11) is 4.22. The lowest BCUT2D eigenvalue weighted by molar-refractivity contribution is 0.217. The van der Waals surface area contributed by atoms with E-state index in [1.165, 1.54) is 11.5 Å². The van der Waals surface area contributed by atoms with Crippen molar-refractivity contribution < 1.29 is 0 Å². The van der Waals surface area contributed by atoms with Crippen molar-refractivity contribution in [2.75, 3.05) is 26.0 Å². The van der Waals surface area contributed by atoms with Crippen molar-refractivity contribution in [3.05, 3.63) is 5.82 Å². The van der Waals surface area contributed by atoms with Gasteiger partial charge in [-0.2, -0.15) is 4.37 Å². The highest BCUT2D eigenvalue weighted by Crippen LogP contribution is 2.27. The molecule has 1 unspecified atom stereocenters. The van der Waals surface area contributed by atoms with Crippen LogP contribution < -0.4 is 5.32 Å². The summed E-state index contributed by atoms with van der Waals surface area (Å²) in [4.78, 5) is 6.82. The van der Waals surface area contributed by atoms with Crippen LogP contribution in [0, 0.1) is 5.41 Å². The first kappa shape index (κ1) is 16.4. The molecule has 0 spiro atoms. The molecule has 0 aliphatic rings. The zero-order valence-electron chi connectivity index (χ0n) is 13.5. The third kappa shape index (κ3) is 4.73. The van der Waals surface area contributed by atoms with E-state index in [0.717, 1.165) is 17.5 Å². The molecule has 0 aromatic carbocycles. The molecule has 4 nitrogen and oxygen atoms in total. The Kier molecular flexibility index (Phi) is 4.96. The second-order valence-electron chi connectivity index (χ2n) is 7.27. The van der Waals surface area contributed by atoms with Gasteiger partial charge in [-0.1, -0.05) is 34.6 Å². The normalized spacial score (nSPS) is 14.8. The van der Waals surface area contributed by atoms with Crippen LogP contribution in [0.25, 0.3) is 0 Å². The van der Waals surface area contributed by atoms with E-state index in [2.05, 4.69) is 75.2 Å². The zero-order chi connectivity index (χ0) is 14.8. The third-order valence-corrected chi connectivity index (χ3v) is 3.98. The summed E-state index contributed by atoms with van der Waals surface area (Å²) >= 11 is 1.45. The van der Waals surface area contributed by atoms with E-state index in [-0.39, 0.29) is 10.8 Å². The monoisotopic (exact) mass is 284 g/mol. The Balaban J connectivity index is 2.72. The highest BCUT2D eigenvalue weighted by molar-refractivity contribution is 7.09. The van der Waals surface area contributed by atoms with Gasteiger partial charge in [0.25, 0.3) is 0 Å². The molecule has 1 N–H and O–H groups in total. The average molecular weight is 284 g/mol. The minimum absolute atomic E-state index is 0.0127. The summed E-state index contributed by atoms with van der Waals surface area (Å²) in [5, 5.41) is 4.42. The molecule has 0 fully saturated rings. The molecule has 1 rings (SSSR count). The van der Waals surface area contributed by atoms with Gasteiger partial charge in [0.2, 0.25) is 5.13 Å². The summed E-state index contributed by atoms with van der Waals surface area (Å²) in [6.45, 7) is 14.2. The Bertz CT molecular complexity index is 404. The Morgan fingerprint density at radius 1 is 1.21 bits per heavy atom. The van der Waals surface area contributed by atoms with Gasteiger partial charge in [0.05, 0.1) is 0 Å². The maximum Gasteiger partial charge on any atom is 0.202 e. The van der Waals surface area contributed by atoms with Crippen LogP contribution in [0.5, 0.6) is 0 Å². The first-order chi connectivity index (χ1) is 8.52. The number of aromatic nitrogens is 2. The molecule has 0 bridgehead atoms. The Morgan fingerprint density at radius 2 is 1.79 bits per heavy atom. The van der Waals surface area contributed by atoms with Crippen LogP contribution in [0.3, 0.4) is 0 Å². The van der Waals surface area contributed by atoms with E-state index < -0.39 is 0 Å². The summed E-state index contributed by atoms with van der Waals surface area (Å²) in [6, 6.07) is 0.343. The summed E-state index contributed by atoms with van der Waals surface area (Å²) in [5.41, 5.74) is 0.190. The molecule has 1 aromatic rings. The molecule has 0 radical (unpaired) electrons. The summed E-state index contributed by atoms with van der Waals surface area (Å²) in [5.74, 6) is 0.914. The van der Waals surface area contributed by atoms with Crippen molar-refractivity contribution in [1.82, 2.24) is 14.3 Å². The van der Waals surface area contributed by atoms with Crippen LogP contribution in [0.15, 0.2) is 0 Å². The van der Waals surface area contributed by atoms with Gasteiger partial charge in [-0.05, 0) is 26.4 Å². The third-order valence-electron chi connectivity index (χ3n) is 3.33. The molecular formula is C14H28N4S. The SMILES string of the molecule is CC(Nc1nc(C(C)(C)C)ns1)C(C)(C)CN(C)C. The molecular weight excluding hydrogens is 256 g/mol. The highest BCUT2D eigenvalue weighted by Gasteiger charge is 2.28. The van der Waals surface area contributed by atoms with Crippen LogP contribution in [-0.4, -0.2) is 40.9 Å². The fourth-order valence-electron chi connectivity index (χ4n) is 1.92. The lowest BCUT2D eigenvalue weighted by Gasteiger charge is -2.34. The molecule has 110 valence electrons. The molecule has 0 aliphatic carbocycles. The van der Waals surface area contributed by atoms with Crippen LogP contribution in [0.1, 0.15) is 47.4 Å². The average Bonchev–Trinajstić information content (AvgIpc) is 2.63. The molecule has 1 atom stereocenters. The van der Waals surface area contributed by atoms with Crippen molar-refractivity contribution in [3.8, 4) is 0 Å². The van der Waals surface area contributed by atoms with Crippen molar-refractivity contribution >= 4 is 16.7 Å². The second kappa shape index (κ2) is 5.75. The largest absolute Gasteiger partial charge is 0.357 e. The van der Waals surface area contributed by atoms with Gasteiger partial charge in [0.1, 0.15) is 5.82 Å². The Morgan fingerprint density at radius 3 is 2.21 bits per heavy atom. The molecule has 19 heavy (non-hydrogen) atoms. The number of nitrogens with zero attached hydrogens (tertiary/aromatic N) is 3. The highest BCUT2D eigenvalue weighted by atomic mass is 32.1. The number of nitrogens with one attached hydrogen (secondary N) is 1. The lowest BCUT2D eigenvalue weighted by atomic mass is 9.85. The van der Waals surface area contributed by atoms with Gasteiger partial charge in [-0.3, -0.25) is 0 Å². The molecule has 0 saturated heterocycles. The van der Waals surface area contributed by atoms with Crippen LogP contribution in [-0.2, 0) is 5.41 Å². The smallest absolute Gasteiger partial charge is 0.202 e. The molecule has 1 heterocycles. The van der Waals surface area contributed by atoms with E-state index in [1.807, 2.05) is 0 Å². The quantitative estimate of drug-likeness (QED) is 0.901. The topological polar surface area (TPSA) is 41.1 Å². The van der Waals surface area contributed by atoms with Gasteiger partial charge in [-0.15, -0.1) is 0 Å². The maximum absolute atomic E-state index is 4.60. The van der Waals surface area contributed by atoms with Gasteiger partial charge in [-0.25, -0.2) is 4.98 Å². The zero-order valence-corrected chi connectivity index (χ0v) is 14.4. The fraction of sp³-hybridized carbons (Fsp3) is 0.857. The number of rotatable bonds is 5. The second-order valence-corrected chi connectivity index (χ2v) is 8.02. The Hall–Kier alpha value is -0.680. The lowest BCUT2D eigenvalue weighted by Crippen LogP contribution is -2.41. The number of anilines is 1. The minimum atomic E-state index is 0.0127. The Labute approximate surface area is 121 Å². The van der Waals surface area contributed by atoms with Crippen molar-refractivity contribution in [2.24, 2.45) is 5.41 Å². The van der Waals surface area contributed by atoms with E-state index in [9.17, 15) is 0 Å². The minimum Gasteiger partial charge on any atom is -0.357 e. The van der Waals surface area contributed by atoms with Gasteiger partial charge in [0, 0.05) is 29.5 Å². The summed E-state index contributed by atoms with van der Waals surface area (Å²) < 4.78 is 4.44. The van der Waals surface area contributed by atoms with E-state index >= 15 is 0 Å². The fourth-order valence-corrected chi connectivity index (χ4v) is 2.76. The maximum atomic E-state index is 4.60. The standard InChI is InChI=1S/C14H28N4S/c1-10(14(5,6)9-18(7)8)15-12-16-11(17-19-12)13(2,3)4/h10H,9H2,1-8H3,(H,15,16,17). The van der Waals surface area contributed by atoms with E-state index in [1.54, 1.807) is 0 Å². The molecule has 0 saturated carbocycles. The predicted octanol–water partition coefficient (Wildman–Crippen LogP) is 3.22. The van der Waals surface area contributed by atoms with Gasteiger partial charge >= 0.3 is 0 Å². The van der Waals surface area contributed by atoms with E-state index in [0.29, 0.717) is 6.04 Å². The first-order valence-electron chi connectivity index (χ1n) is 6.78. The number of hydrogen-bond donors (Lipinski definition) is 1. The van der Waals surface area contributed by atoms with Crippen molar-refractivity contribution in [1.29, 1.82) is 0 Å². The van der Waals surface area contributed by atoms with Crippen molar-refractivity contribution in [3.63, 3.8) is 0 Å². The van der Waals surface area contributed by atoms with Crippen molar-refractivity contribution in [2.45, 2.75) is 53.0 Å². The summed E-state index contributed by atoms with van der Waals surface area (Å²) in [6.07, 6.45) is 0. The van der Waals surface area contributed by atoms with Crippen LogP contribution in [0.2, 0.25) is 0 Å². The molecule has 1 aromatic heterocycles. The van der Waals surface area contributed by atoms with Crippen LogP contribution >= 0.6 is 11.5 Å². The number of hydrogen-bond acceptors (Lipinski definition) is 5. The van der Waals surface area contributed by atoms with E-state index in [4.69, 9.17) is 0 Å².